The first-order valence-electron chi connectivity index (χ1n) is 6.89. The fraction of sp³-hybridized carbons (Fsp3) is 0.533. The number of alkyl halides is 3. The third-order valence-corrected chi connectivity index (χ3v) is 3.10. The summed E-state index contributed by atoms with van der Waals surface area (Å²) in [5, 5.41) is 2.77. The summed E-state index contributed by atoms with van der Waals surface area (Å²) in [6.45, 7) is 6.69. The number of nitrogens with one attached hydrogen (secondary N) is 1. The molecule has 1 aromatic carbocycles. The molecule has 0 bridgehead atoms. The highest BCUT2D eigenvalue weighted by Gasteiger charge is 2.32. The van der Waals surface area contributed by atoms with Gasteiger partial charge in [0.2, 0.25) is 0 Å². The number of carbonyl (C=O) groups is 1. The summed E-state index contributed by atoms with van der Waals surface area (Å²) in [6, 6.07) is 3.18. The third kappa shape index (κ3) is 4.37. The molecule has 3 nitrogen and oxygen atoms in total. The van der Waals surface area contributed by atoms with Gasteiger partial charge in [-0.15, -0.1) is 0 Å². The number of rotatable bonds is 5. The zero-order chi connectivity index (χ0) is 16.2. The van der Waals surface area contributed by atoms with Gasteiger partial charge in [-0.25, -0.2) is 0 Å². The van der Waals surface area contributed by atoms with Gasteiger partial charge < -0.3 is 10.2 Å². The second-order valence-corrected chi connectivity index (χ2v) is 5.25. The largest absolute Gasteiger partial charge is 0.416 e. The first-order valence-corrected chi connectivity index (χ1v) is 6.89. The van der Waals surface area contributed by atoms with Crippen LogP contribution in [0.3, 0.4) is 0 Å². The molecule has 0 aromatic heterocycles. The third-order valence-electron chi connectivity index (χ3n) is 3.10. The maximum atomic E-state index is 12.8. The van der Waals surface area contributed by atoms with Gasteiger partial charge in [0.05, 0.1) is 11.1 Å². The van der Waals surface area contributed by atoms with E-state index >= 15 is 0 Å². The molecule has 0 atom stereocenters. The summed E-state index contributed by atoms with van der Waals surface area (Å²) in [7, 11) is 1.58. The Bertz CT molecular complexity index is 498. The second kappa shape index (κ2) is 6.83. The topological polar surface area (TPSA) is 32.3 Å². The van der Waals surface area contributed by atoms with E-state index in [0.717, 1.165) is 12.1 Å². The number of benzene rings is 1. The van der Waals surface area contributed by atoms with E-state index in [1.54, 1.807) is 11.9 Å². The Morgan fingerprint density at radius 3 is 2.38 bits per heavy atom. The van der Waals surface area contributed by atoms with E-state index in [1.807, 2.05) is 20.8 Å². The van der Waals surface area contributed by atoms with Crippen LogP contribution in [-0.2, 0) is 6.18 Å². The van der Waals surface area contributed by atoms with Crippen LogP contribution in [0.5, 0.6) is 0 Å². The summed E-state index contributed by atoms with van der Waals surface area (Å²) in [5.74, 6) is -0.139. The van der Waals surface area contributed by atoms with Crippen molar-refractivity contribution in [1.29, 1.82) is 0 Å². The van der Waals surface area contributed by atoms with E-state index in [9.17, 15) is 18.0 Å². The number of nitrogens with zero attached hydrogens (tertiary/aromatic N) is 1. The van der Waals surface area contributed by atoms with Crippen LogP contribution in [0.15, 0.2) is 18.2 Å². The van der Waals surface area contributed by atoms with Crippen LogP contribution < -0.4 is 5.32 Å². The van der Waals surface area contributed by atoms with Crippen LogP contribution in [0, 0.1) is 5.92 Å². The summed E-state index contributed by atoms with van der Waals surface area (Å²) in [4.78, 5) is 14.0. The highest BCUT2D eigenvalue weighted by Crippen LogP contribution is 2.32. The lowest BCUT2D eigenvalue weighted by Crippen LogP contribution is -2.34. The number of hydrogen-bond donors (Lipinski definition) is 1. The lowest BCUT2D eigenvalue weighted by molar-refractivity contribution is -0.137. The molecular formula is C15H21F3N2O. The van der Waals surface area contributed by atoms with Crippen molar-refractivity contribution in [2.24, 2.45) is 5.92 Å². The normalized spacial score (nSPS) is 11.6. The number of hydrogen-bond acceptors (Lipinski definition) is 2. The number of carbonyl (C=O) groups excluding carboxylic acids is 1. The van der Waals surface area contributed by atoms with Gasteiger partial charge in [0, 0.05) is 25.8 Å². The van der Waals surface area contributed by atoms with Gasteiger partial charge in [-0.05, 0) is 31.0 Å². The van der Waals surface area contributed by atoms with Crippen LogP contribution in [0.2, 0.25) is 0 Å². The van der Waals surface area contributed by atoms with Crippen molar-refractivity contribution in [3.05, 3.63) is 29.3 Å². The van der Waals surface area contributed by atoms with E-state index < -0.39 is 11.7 Å². The molecule has 1 aromatic rings. The van der Waals surface area contributed by atoms with Crippen LogP contribution in [-0.4, -0.2) is 30.9 Å². The van der Waals surface area contributed by atoms with Crippen molar-refractivity contribution in [3.63, 3.8) is 0 Å². The lowest BCUT2D eigenvalue weighted by Gasteiger charge is -2.24. The molecule has 0 unspecified atom stereocenters. The first-order chi connectivity index (χ1) is 9.70. The van der Waals surface area contributed by atoms with E-state index in [0.29, 0.717) is 18.8 Å². The molecule has 0 saturated carbocycles. The molecule has 1 N–H and O–H groups in total. The molecule has 0 aliphatic rings. The minimum absolute atomic E-state index is 0.0508. The predicted molar refractivity (Wildman–Crippen MR) is 77.4 cm³/mol. The molecule has 0 heterocycles. The standard InChI is InChI=1S/C15H21F3N2O/c1-5-20(9-10(2)3)14(21)12-8-11(15(16,17)18)6-7-13(12)19-4/h6-8,10,19H,5,9H2,1-4H3. The molecule has 1 amide bonds. The van der Waals surface area contributed by atoms with E-state index in [1.165, 1.54) is 6.07 Å². The highest BCUT2D eigenvalue weighted by molar-refractivity contribution is 5.99. The molecular weight excluding hydrogens is 281 g/mol. The molecule has 6 heteroatoms. The number of anilines is 1. The Hall–Kier alpha value is -1.72. The van der Waals surface area contributed by atoms with Crippen molar-refractivity contribution < 1.29 is 18.0 Å². The van der Waals surface area contributed by atoms with Crippen LogP contribution in [0.25, 0.3) is 0 Å². The quantitative estimate of drug-likeness (QED) is 0.895. The van der Waals surface area contributed by atoms with Crippen molar-refractivity contribution >= 4 is 11.6 Å². The van der Waals surface area contributed by atoms with Gasteiger partial charge in [-0.1, -0.05) is 13.8 Å². The first kappa shape index (κ1) is 17.3. The van der Waals surface area contributed by atoms with Gasteiger partial charge in [0.25, 0.3) is 5.91 Å². The van der Waals surface area contributed by atoms with Crippen LogP contribution in [0.1, 0.15) is 36.7 Å². The minimum atomic E-state index is -4.46. The monoisotopic (exact) mass is 302 g/mol. The molecule has 0 aliphatic carbocycles. The maximum absolute atomic E-state index is 12.8. The van der Waals surface area contributed by atoms with Crippen molar-refractivity contribution in [2.75, 3.05) is 25.5 Å². The fourth-order valence-corrected chi connectivity index (χ4v) is 2.08. The number of amides is 1. The van der Waals surface area contributed by atoms with Crippen LogP contribution >= 0.6 is 0 Å². The van der Waals surface area contributed by atoms with Gasteiger partial charge in [0.15, 0.2) is 0 Å². The van der Waals surface area contributed by atoms with E-state index in [2.05, 4.69) is 5.32 Å². The minimum Gasteiger partial charge on any atom is -0.387 e. The summed E-state index contributed by atoms with van der Waals surface area (Å²) in [5.41, 5.74) is -0.365. The average molecular weight is 302 g/mol. The summed E-state index contributed by atoms with van der Waals surface area (Å²) < 4.78 is 38.4. The smallest absolute Gasteiger partial charge is 0.387 e. The molecule has 0 radical (unpaired) electrons. The molecule has 0 aliphatic heterocycles. The highest BCUT2D eigenvalue weighted by atomic mass is 19.4. The zero-order valence-corrected chi connectivity index (χ0v) is 12.7. The summed E-state index contributed by atoms with van der Waals surface area (Å²) >= 11 is 0. The summed E-state index contributed by atoms with van der Waals surface area (Å²) in [6.07, 6.45) is -4.46. The molecule has 118 valence electrons. The Morgan fingerprint density at radius 1 is 1.33 bits per heavy atom. The SMILES string of the molecule is CCN(CC(C)C)C(=O)c1cc(C(F)(F)F)ccc1NC. The lowest BCUT2D eigenvalue weighted by atomic mass is 10.1. The maximum Gasteiger partial charge on any atom is 0.416 e. The van der Waals surface area contributed by atoms with Crippen molar-refractivity contribution in [2.45, 2.75) is 26.9 Å². The molecule has 0 spiro atoms. The number of halogens is 3. The Labute approximate surface area is 123 Å². The fourth-order valence-electron chi connectivity index (χ4n) is 2.08. The van der Waals surface area contributed by atoms with E-state index in [4.69, 9.17) is 0 Å². The van der Waals surface area contributed by atoms with E-state index in [-0.39, 0.29) is 17.4 Å². The zero-order valence-electron chi connectivity index (χ0n) is 12.7. The molecule has 0 saturated heterocycles. The average Bonchev–Trinajstić information content (AvgIpc) is 2.42. The second-order valence-electron chi connectivity index (χ2n) is 5.25. The predicted octanol–water partition coefficient (Wildman–Crippen LogP) is 3.87. The van der Waals surface area contributed by atoms with Gasteiger partial charge in [-0.2, -0.15) is 13.2 Å². The molecule has 21 heavy (non-hydrogen) atoms. The van der Waals surface area contributed by atoms with Gasteiger partial charge in [0.1, 0.15) is 0 Å². The van der Waals surface area contributed by atoms with Gasteiger partial charge >= 0.3 is 6.18 Å². The molecule has 1 rings (SSSR count). The van der Waals surface area contributed by atoms with Crippen molar-refractivity contribution in [1.82, 2.24) is 4.90 Å². The van der Waals surface area contributed by atoms with Crippen LogP contribution in [0.4, 0.5) is 18.9 Å². The Balaban J connectivity index is 3.22. The van der Waals surface area contributed by atoms with Gasteiger partial charge in [-0.3, -0.25) is 4.79 Å². The van der Waals surface area contributed by atoms with Crippen molar-refractivity contribution in [3.8, 4) is 0 Å². The Morgan fingerprint density at radius 2 is 1.95 bits per heavy atom. The molecule has 0 fully saturated rings. The Kier molecular flexibility index (Phi) is 5.63.